The van der Waals surface area contributed by atoms with Crippen LogP contribution >= 0.6 is 11.3 Å². The zero-order chi connectivity index (χ0) is 19.7. The molecular formula is C21H19N5OS. The molecule has 0 unspecified atom stereocenters. The lowest BCUT2D eigenvalue weighted by atomic mass is 9.97. The molecule has 2 N–H and O–H groups in total. The average Bonchev–Trinajstić information content (AvgIpc) is 3.08. The second-order valence-corrected chi connectivity index (χ2v) is 7.62. The maximum Gasteiger partial charge on any atom is 0.147 e. The van der Waals surface area contributed by atoms with Crippen LogP contribution in [0.5, 0.6) is 0 Å². The highest BCUT2D eigenvalue weighted by Crippen LogP contribution is 2.38. The fourth-order valence-electron chi connectivity index (χ4n) is 3.42. The van der Waals surface area contributed by atoms with E-state index in [0.717, 1.165) is 43.9 Å². The minimum Gasteiger partial charge on any atom is -0.395 e. The summed E-state index contributed by atoms with van der Waals surface area (Å²) in [6.45, 7) is 4.63. The number of thiophene rings is 1. The molecule has 0 aliphatic heterocycles. The quantitative estimate of drug-likeness (QED) is 0.540. The van der Waals surface area contributed by atoms with Crippen LogP contribution in [0.2, 0.25) is 0 Å². The van der Waals surface area contributed by atoms with Gasteiger partial charge in [-0.15, -0.1) is 11.3 Å². The van der Waals surface area contributed by atoms with Crippen LogP contribution in [0.4, 0.5) is 5.82 Å². The Hall–Kier alpha value is -3.08. The van der Waals surface area contributed by atoms with Gasteiger partial charge in [-0.05, 0) is 49.1 Å². The zero-order valence-corrected chi connectivity index (χ0v) is 16.5. The number of benzene rings is 1. The fraction of sp³-hybridized carbons (Fsp3) is 0.238. The molecular weight excluding hydrogens is 370 g/mol. The third-order valence-electron chi connectivity index (χ3n) is 4.86. The Morgan fingerprint density at radius 2 is 1.96 bits per heavy atom. The Bertz CT molecular complexity index is 1210. The van der Waals surface area contributed by atoms with Crippen molar-refractivity contribution in [2.45, 2.75) is 20.3 Å². The molecule has 3 heterocycles. The molecule has 0 saturated carbocycles. The molecule has 28 heavy (non-hydrogen) atoms. The maximum absolute atomic E-state index is 9.10. The summed E-state index contributed by atoms with van der Waals surface area (Å²) in [5.41, 5.74) is 6.05. The molecule has 0 spiro atoms. The number of aliphatic hydroxyl groups excluding tert-OH is 1. The van der Waals surface area contributed by atoms with E-state index in [4.69, 9.17) is 15.4 Å². The lowest BCUT2D eigenvalue weighted by Gasteiger charge is -2.11. The predicted molar refractivity (Wildman–Crippen MR) is 112 cm³/mol. The van der Waals surface area contributed by atoms with Gasteiger partial charge in [-0.25, -0.2) is 15.0 Å². The van der Waals surface area contributed by atoms with E-state index in [2.05, 4.69) is 28.3 Å². The summed E-state index contributed by atoms with van der Waals surface area (Å²) in [4.78, 5) is 14.6. The van der Waals surface area contributed by atoms with E-state index < -0.39 is 0 Å². The van der Waals surface area contributed by atoms with Crippen molar-refractivity contribution in [1.82, 2.24) is 15.0 Å². The van der Waals surface area contributed by atoms with Gasteiger partial charge in [0, 0.05) is 17.6 Å². The van der Waals surface area contributed by atoms with Crippen LogP contribution in [0, 0.1) is 25.2 Å². The Balaban J connectivity index is 1.84. The van der Waals surface area contributed by atoms with Crippen molar-refractivity contribution in [2.24, 2.45) is 0 Å². The number of pyridine rings is 1. The van der Waals surface area contributed by atoms with Crippen molar-refractivity contribution in [3.63, 3.8) is 0 Å². The van der Waals surface area contributed by atoms with Crippen LogP contribution in [-0.4, -0.2) is 33.2 Å². The Labute approximate surface area is 166 Å². The SMILES string of the molecule is Cc1nc2sc3c(NCCO)ncnc3c2c(C)c1Cc1ccc(C#N)cc1. The second-order valence-electron chi connectivity index (χ2n) is 6.62. The van der Waals surface area contributed by atoms with Crippen LogP contribution < -0.4 is 5.32 Å². The van der Waals surface area contributed by atoms with Gasteiger partial charge in [0.05, 0.1) is 28.5 Å². The molecule has 4 rings (SSSR count). The van der Waals surface area contributed by atoms with Gasteiger partial charge in [0.2, 0.25) is 0 Å². The number of aliphatic hydroxyl groups is 1. The smallest absolute Gasteiger partial charge is 0.147 e. The van der Waals surface area contributed by atoms with Gasteiger partial charge in [-0.3, -0.25) is 0 Å². The van der Waals surface area contributed by atoms with E-state index in [0.29, 0.717) is 12.1 Å². The van der Waals surface area contributed by atoms with Crippen molar-refractivity contribution in [3.05, 3.63) is 58.5 Å². The van der Waals surface area contributed by atoms with Crippen molar-refractivity contribution in [3.8, 4) is 6.07 Å². The van der Waals surface area contributed by atoms with E-state index in [1.807, 2.05) is 31.2 Å². The first-order valence-corrected chi connectivity index (χ1v) is 9.81. The minimum atomic E-state index is 0.0432. The number of hydrogen-bond donors (Lipinski definition) is 2. The number of aryl methyl sites for hydroxylation is 2. The molecule has 140 valence electrons. The highest BCUT2D eigenvalue weighted by molar-refractivity contribution is 7.26. The summed E-state index contributed by atoms with van der Waals surface area (Å²) in [5, 5.41) is 22.3. The first kappa shape index (κ1) is 18.3. The molecule has 6 nitrogen and oxygen atoms in total. The van der Waals surface area contributed by atoms with E-state index >= 15 is 0 Å². The van der Waals surface area contributed by atoms with Crippen molar-refractivity contribution in [1.29, 1.82) is 5.26 Å². The highest BCUT2D eigenvalue weighted by Gasteiger charge is 2.18. The van der Waals surface area contributed by atoms with Gasteiger partial charge in [0.1, 0.15) is 17.0 Å². The molecule has 0 aliphatic carbocycles. The first-order valence-electron chi connectivity index (χ1n) is 8.99. The monoisotopic (exact) mass is 389 g/mol. The van der Waals surface area contributed by atoms with Crippen molar-refractivity contribution in [2.75, 3.05) is 18.5 Å². The summed E-state index contributed by atoms with van der Waals surface area (Å²) >= 11 is 1.57. The third-order valence-corrected chi connectivity index (χ3v) is 5.93. The van der Waals surface area contributed by atoms with Crippen molar-refractivity contribution >= 4 is 37.6 Å². The molecule has 1 aromatic carbocycles. The molecule has 0 amide bonds. The molecule has 0 radical (unpaired) electrons. The van der Waals surface area contributed by atoms with Crippen LogP contribution in [0.15, 0.2) is 30.6 Å². The average molecular weight is 389 g/mol. The van der Waals surface area contributed by atoms with Crippen molar-refractivity contribution < 1.29 is 5.11 Å². The summed E-state index contributed by atoms with van der Waals surface area (Å²) < 4.78 is 0.955. The standard InChI is InChI=1S/C21H19N5OS/c1-12-16(9-14-3-5-15(10-22)6-4-14)13(2)26-21-17(12)18-19(28-21)20(23-7-8-27)25-11-24-18/h3-6,11,27H,7-9H2,1-2H3,(H,23,24,25). The van der Waals surface area contributed by atoms with E-state index in [9.17, 15) is 0 Å². The molecule has 7 heteroatoms. The predicted octanol–water partition coefficient (Wildman–Crippen LogP) is 3.72. The third kappa shape index (κ3) is 3.17. The lowest BCUT2D eigenvalue weighted by Crippen LogP contribution is -2.07. The summed E-state index contributed by atoms with van der Waals surface area (Å²) in [7, 11) is 0. The van der Waals surface area contributed by atoms with Crippen LogP contribution in [0.3, 0.4) is 0 Å². The molecule has 0 fully saturated rings. The number of aromatic nitrogens is 3. The van der Waals surface area contributed by atoms with Crippen LogP contribution in [-0.2, 0) is 6.42 Å². The number of rotatable bonds is 5. The van der Waals surface area contributed by atoms with E-state index in [1.54, 1.807) is 17.7 Å². The summed E-state index contributed by atoms with van der Waals surface area (Å²) in [6, 6.07) is 9.83. The zero-order valence-electron chi connectivity index (χ0n) is 15.7. The normalized spacial score (nSPS) is 11.1. The number of fused-ring (bicyclic) bond motifs is 3. The molecule has 0 bridgehead atoms. The van der Waals surface area contributed by atoms with Crippen LogP contribution in [0.25, 0.3) is 20.4 Å². The van der Waals surface area contributed by atoms with E-state index in [1.165, 1.54) is 11.1 Å². The Morgan fingerprint density at radius 1 is 1.18 bits per heavy atom. The largest absolute Gasteiger partial charge is 0.395 e. The fourth-order valence-corrected chi connectivity index (χ4v) is 4.62. The van der Waals surface area contributed by atoms with Gasteiger partial charge in [-0.2, -0.15) is 5.26 Å². The maximum atomic E-state index is 9.10. The van der Waals surface area contributed by atoms with Crippen LogP contribution in [0.1, 0.15) is 27.9 Å². The van der Waals surface area contributed by atoms with Gasteiger partial charge < -0.3 is 10.4 Å². The second kappa shape index (κ2) is 7.50. The summed E-state index contributed by atoms with van der Waals surface area (Å²) in [6.07, 6.45) is 2.30. The highest BCUT2D eigenvalue weighted by atomic mass is 32.1. The molecule has 0 atom stereocenters. The first-order chi connectivity index (χ1) is 13.6. The number of nitrogens with zero attached hydrogens (tertiary/aromatic N) is 4. The number of hydrogen-bond acceptors (Lipinski definition) is 7. The number of nitriles is 1. The number of nitrogens with one attached hydrogen (secondary N) is 1. The van der Waals surface area contributed by atoms with Gasteiger partial charge >= 0.3 is 0 Å². The number of anilines is 1. The van der Waals surface area contributed by atoms with E-state index in [-0.39, 0.29) is 6.61 Å². The minimum absolute atomic E-state index is 0.0432. The topological polar surface area (TPSA) is 94.7 Å². The Morgan fingerprint density at radius 3 is 2.68 bits per heavy atom. The summed E-state index contributed by atoms with van der Waals surface area (Å²) in [5.74, 6) is 0.729. The van der Waals surface area contributed by atoms with Gasteiger partial charge in [0.15, 0.2) is 0 Å². The molecule has 0 saturated heterocycles. The van der Waals surface area contributed by atoms with Gasteiger partial charge in [-0.1, -0.05) is 12.1 Å². The molecule has 0 aliphatic rings. The lowest BCUT2D eigenvalue weighted by molar-refractivity contribution is 0.311. The molecule has 4 aromatic rings. The molecule has 3 aromatic heterocycles. The van der Waals surface area contributed by atoms with Gasteiger partial charge in [0.25, 0.3) is 0 Å². The Kier molecular flexibility index (Phi) is 4.90.